The second-order valence-electron chi connectivity index (χ2n) is 3.82. The molecule has 0 heterocycles. The van der Waals surface area contributed by atoms with Crippen molar-refractivity contribution < 1.29 is 9.18 Å². The first kappa shape index (κ1) is 14.1. The van der Waals surface area contributed by atoms with Gasteiger partial charge in [0.2, 0.25) is 5.91 Å². The van der Waals surface area contributed by atoms with Crippen molar-refractivity contribution in [3.05, 3.63) is 23.0 Å². The van der Waals surface area contributed by atoms with Crippen LogP contribution >= 0.6 is 23.4 Å². The van der Waals surface area contributed by atoms with E-state index in [1.54, 1.807) is 0 Å². The number of thioether (sulfide) groups is 1. The molecule has 17 heavy (non-hydrogen) atoms. The highest BCUT2D eigenvalue weighted by atomic mass is 35.5. The van der Waals surface area contributed by atoms with Gasteiger partial charge >= 0.3 is 0 Å². The van der Waals surface area contributed by atoms with Crippen LogP contribution in [0.5, 0.6) is 0 Å². The number of rotatable bonds is 4. The minimum atomic E-state index is -0.535. The molecule has 0 aromatic heterocycles. The Balaban J connectivity index is 2.63. The second-order valence-corrected chi connectivity index (χ2v) is 5.24. The van der Waals surface area contributed by atoms with E-state index in [2.05, 4.69) is 5.32 Å². The molecule has 0 saturated heterocycles. The van der Waals surface area contributed by atoms with Crippen molar-refractivity contribution in [1.29, 1.82) is 0 Å². The minimum Gasteiger partial charge on any atom is -0.398 e. The van der Waals surface area contributed by atoms with Gasteiger partial charge in [-0.25, -0.2) is 4.39 Å². The van der Waals surface area contributed by atoms with Gasteiger partial charge in [-0.2, -0.15) is 0 Å². The molecule has 0 atom stereocenters. The molecule has 0 bridgehead atoms. The molecule has 3 nitrogen and oxygen atoms in total. The molecule has 0 fully saturated rings. The van der Waals surface area contributed by atoms with Crippen molar-refractivity contribution in [2.45, 2.75) is 24.8 Å². The number of nitrogens with one attached hydrogen (secondary N) is 1. The number of hydrogen-bond donors (Lipinski definition) is 2. The summed E-state index contributed by atoms with van der Waals surface area (Å²) in [5.41, 5.74) is 6.05. The molecule has 1 aromatic rings. The molecule has 6 heteroatoms. The van der Waals surface area contributed by atoms with Crippen LogP contribution in [0.2, 0.25) is 5.02 Å². The summed E-state index contributed by atoms with van der Waals surface area (Å²) in [7, 11) is 0. The third kappa shape index (κ3) is 4.44. The van der Waals surface area contributed by atoms with Crippen LogP contribution in [0.3, 0.4) is 0 Å². The first-order chi connectivity index (χ1) is 7.90. The summed E-state index contributed by atoms with van der Waals surface area (Å²) in [5, 5.41) is 2.72. The fourth-order valence-electron chi connectivity index (χ4n) is 1.18. The van der Waals surface area contributed by atoms with Crippen molar-refractivity contribution >= 4 is 35.0 Å². The average molecular weight is 277 g/mol. The molecular formula is C11H14ClFN2OS. The molecule has 94 valence electrons. The molecule has 1 rings (SSSR count). The normalized spacial score (nSPS) is 10.6. The molecule has 0 aliphatic rings. The van der Waals surface area contributed by atoms with Gasteiger partial charge in [0, 0.05) is 16.6 Å². The predicted octanol–water partition coefficient (Wildman–Crippen LogP) is 2.68. The minimum absolute atomic E-state index is 0.0153. The Morgan fingerprint density at radius 1 is 1.59 bits per heavy atom. The smallest absolute Gasteiger partial charge is 0.230 e. The number of benzene rings is 1. The molecule has 0 spiro atoms. The van der Waals surface area contributed by atoms with Crippen LogP contribution in [0.25, 0.3) is 0 Å². The monoisotopic (exact) mass is 276 g/mol. The lowest BCUT2D eigenvalue weighted by molar-refractivity contribution is -0.119. The number of amides is 1. The van der Waals surface area contributed by atoms with E-state index in [9.17, 15) is 9.18 Å². The Hall–Kier alpha value is -0.940. The highest BCUT2D eigenvalue weighted by molar-refractivity contribution is 8.00. The number of nitrogens with two attached hydrogens (primary N) is 1. The third-order valence-electron chi connectivity index (χ3n) is 1.86. The van der Waals surface area contributed by atoms with E-state index in [4.69, 9.17) is 17.3 Å². The van der Waals surface area contributed by atoms with Crippen molar-refractivity contribution in [2.75, 3.05) is 11.5 Å². The predicted molar refractivity (Wildman–Crippen MR) is 69.8 cm³/mol. The van der Waals surface area contributed by atoms with Crippen LogP contribution in [0, 0.1) is 5.82 Å². The first-order valence-corrected chi connectivity index (χ1v) is 6.43. The van der Waals surface area contributed by atoms with E-state index in [-0.39, 0.29) is 22.7 Å². The lowest BCUT2D eigenvalue weighted by atomic mass is 10.3. The summed E-state index contributed by atoms with van der Waals surface area (Å²) < 4.78 is 13.2. The van der Waals surface area contributed by atoms with Gasteiger partial charge in [0.15, 0.2) is 0 Å². The Labute approximate surface area is 109 Å². The van der Waals surface area contributed by atoms with Gasteiger partial charge in [0.1, 0.15) is 5.82 Å². The van der Waals surface area contributed by atoms with Crippen LogP contribution in [0.1, 0.15) is 13.8 Å². The summed E-state index contributed by atoms with van der Waals surface area (Å²) in [6.45, 7) is 3.75. The maximum atomic E-state index is 13.2. The van der Waals surface area contributed by atoms with Crippen molar-refractivity contribution in [1.82, 2.24) is 5.32 Å². The number of anilines is 1. The number of carbonyl (C=O) groups excluding carboxylic acids is 1. The molecule has 0 radical (unpaired) electrons. The SMILES string of the molecule is CC(C)NC(=O)CSc1cc(F)c(Cl)cc1N. The van der Waals surface area contributed by atoms with E-state index in [1.807, 2.05) is 13.8 Å². The maximum absolute atomic E-state index is 13.2. The summed E-state index contributed by atoms with van der Waals surface area (Å²) in [6, 6.07) is 2.67. The molecule has 0 saturated carbocycles. The van der Waals surface area contributed by atoms with Gasteiger partial charge in [-0.1, -0.05) is 11.6 Å². The highest BCUT2D eigenvalue weighted by Crippen LogP contribution is 2.29. The van der Waals surface area contributed by atoms with Crippen molar-refractivity contribution in [3.63, 3.8) is 0 Å². The zero-order valence-electron chi connectivity index (χ0n) is 9.59. The Morgan fingerprint density at radius 3 is 2.82 bits per heavy atom. The zero-order chi connectivity index (χ0) is 13.0. The zero-order valence-corrected chi connectivity index (χ0v) is 11.2. The van der Waals surface area contributed by atoms with Gasteiger partial charge in [0.25, 0.3) is 0 Å². The van der Waals surface area contributed by atoms with Crippen LogP contribution in [-0.4, -0.2) is 17.7 Å². The van der Waals surface area contributed by atoms with Crippen LogP contribution < -0.4 is 11.1 Å². The van der Waals surface area contributed by atoms with E-state index in [1.165, 1.54) is 23.9 Å². The van der Waals surface area contributed by atoms with Gasteiger partial charge < -0.3 is 11.1 Å². The molecule has 1 aromatic carbocycles. The standard InChI is InChI=1S/C11H14ClFN2OS/c1-6(2)15-11(16)5-17-10-4-8(13)7(12)3-9(10)14/h3-4,6H,5,14H2,1-2H3,(H,15,16). The molecule has 0 unspecified atom stereocenters. The second kappa shape index (κ2) is 6.12. The number of nitrogen functional groups attached to an aromatic ring is 1. The molecular weight excluding hydrogens is 263 g/mol. The number of carbonyl (C=O) groups is 1. The lowest BCUT2D eigenvalue weighted by Crippen LogP contribution is -2.31. The quantitative estimate of drug-likeness (QED) is 0.657. The van der Waals surface area contributed by atoms with E-state index in [0.717, 1.165) is 0 Å². The summed E-state index contributed by atoms with van der Waals surface area (Å²) in [6.07, 6.45) is 0. The number of hydrogen-bond acceptors (Lipinski definition) is 3. The van der Waals surface area contributed by atoms with Crippen LogP contribution in [0.4, 0.5) is 10.1 Å². The van der Waals surface area contributed by atoms with Crippen molar-refractivity contribution in [2.24, 2.45) is 0 Å². The summed E-state index contributed by atoms with van der Waals surface area (Å²) in [4.78, 5) is 11.9. The fraction of sp³-hybridized carbons (Fsp3) is 0.364. The largest absolute Gasteiger partial charge is 0.398 e. The van der Waals surface area contributed by atoms with Gasteiger partial charge in [-0.15, -0.1) is 11.8 Å². The third-order valence-corrected chi connectivity index (χ3v) is 3.22. The van der Waals surface area contributed by atoms with Crippen molar-refractivity contribution in [3.8, 4) is 0 Å². The van der Waals surface area contributed by atoms with Gasteiger partial charge in [0.05, 0.1) is 10.8 Å². The Bertz CT molecular complexity index is 426. The maximum Gasteiger partial charge on any atom is 0.230 e. The number of halogens is 2. The highest BCUT2D eigenvalue weighted by Gasteiger charge is 2.09. The lowest BCUT2D eigenvalue weighted by Gasteiger charge is -2.09. The Morgan fingerprint density at radius 2 is 2.24 bits per heavy atom. The Kier molecular flexibility index (Phi) is 5.08. The average Bonchev–Trinajstić information content (AvgIpc) is 2.20. The molecule has 1 amide bonds. The van der Waals surface area contributed by atoms with E-state index < -0.39 is 5.82 Å². The van der Waals surface area contributed by atoms with E-state index in [0.29, 0.717) is 10.6 Å². The molecule has 0 aliphatic carbocycles. The summed E-state index contributed by atoms with van der Waals surface area (Å²) in [5.74, 6) is -0.448. The van der Waals surface area contributed by atoms with Gasteiger partial charge in [-0.05, 0) is 26.0 Å². The summed E-state index contributed by atoms with van der Waals surface area (Å²) >= 11 is 6.76. The van der Waals surface area contributed by atoms with Crippen LogP contribution in [0.15, 0.2) is 17.0 Å². The molecule has 3 N–H and O–H groups in total. The topological polar surface area (TPSA) is 55.1 Å². The van der Waals surface area contributed by atoms with E-state index >= 15 is 0 Å². The van der Waals surface area contributed by atoms with Crippen LogP contribution in [-0.2, 0) is 4.79 Å². The van der Waals surface area contributed by atoms with Gasteiger partial charge in [-0.3, -0.25) is 4.79 Å². The fourth-order valence-corrected chi connectivity index (χ4v) is 2.13. The molecule has 0 aliphatic heterocycles. The first-order valence-electron chi connectivity index (χ1n) is 5.07.